The third-order valence-electron chi connectivity index (χ3n) is 5.85. The van der Waals surface area contributed by atoms with Crippen LogP contribution in [0.15, 0.2) is 47.4 Å². The van der Waals surface area contributed by atoms with Crippen LogP contribution in [0.4, 0.5) is 0 Å². The quantitative estimate of drug-likeness (QED) is 0.508. The molecule has 1 amide bonds. The second-order valence-corrected chi connectivity index (χ2v) is 10.5. The van der Waals surface area contributed by atoms with Crippen LogP contribution >= 0.6 is 11.6 Å². The standard InChI is InChI=1S/C23H27ClN4O4S/c1-26(16-17-4-3-5-18(24)14-17)23(29)9-8-22-25-20-15-19(6-7-21(20)27(22)2)33(30,31)28-10-12-32-13-11-28/h3-7,14-15H,8-13,16H2,1-2H3. The molecule has 0 aliphatic carbocycles. The Hall–Kier alpha value is -2.46. The van der Waals surface area contributed by atoms with E-state index in [1.54, 1.807) is 36.2 Å². The van der Waals surface area contributed by atoms with E-state index in [0.29, 0.717) is 56.2 Å². The lowest BCUT2D eigenvalue weighted by Crippen LogP contribution is -2.40. The summed E-state index contributed by atoms with van der Waals surface area (Å²) in [6.07, 6.45) is 0.753. The van der Waals surface area contributed by atoms with Crippen molar-refractivity contribution in [1.29, 1.82) is 0 Å². The maximum Gasteiger partial charge on any atom is 0.243 e. The van der Waals surface area contributed by atoms with E-state index in [9.17, 15) is 13.2 Å². The van der Waals surface area contributed by atoms with Gasteiger partial charge in [0, 0.05) is 51.6 Å². The topological polar surface area (TPSA) is 84.7 Å². The lowest BCUT2D eigenvalue weighted by molar-refractivity contribution is -0.130. The monoisotopic (exact) mass is 490 g/mol. The highest BCUT2D eigenvalue weighted by atomic mass is 35.5. The largest absolute Gasteiger partial charge is 0.379 e. The molecule has 1 aliphatic rings. The van der Waals surface area contributed by atoms with E-state index in [4.69, 9.17) is 16.3 Å². The lowest BCUT2D eigenvalue weighted by Gasteiger charge is -2.26. The van der Waals surface area contributed by atoms with Gasteiger partial charge in [-0.15, -0.1) is 0 Å². The van der Waals surface area contributed by atoms with Crippen molar-refractivity contribution in [2.45, 2.75) is 24.3 Å². The molecule has 0 spiro atoms. The first-order valence-corrected chi connectivity index (χ1v) is 12.6. The Kier molecular flexibility index (Phi) is 7.04. The fraction of sp³-hybridized carbons (Fsp3) is 0.391. The molecule has 4 rings (SSSR count). The normalized spacial score (nSPS) is 15.1. The summed E-state index contributed by atoms with van der Waals surface area (Å²) in [6.45, 7) is 1.96. The van der Waals surface area contributed by atoms with E-state index in [1.807, 2.05) is 29.8 Å². The van der Waals surface area contributed by atoms with Gasteiger partial charge in [-0.25, -0.2) is 13.4 Å². The Morgan fingerprint density at radius 3 is 2.67 bits per heavy atom. The minimum Gasteiger partial charge on any atom is -0.379 e. The number of morpholine rings is 1. The number of imidazole rings is 1. The third kappa shape index (κ3) is 5.22. The molecule has 8 nitrogen and oxygen atoms in total. The fourth-order valence-electron chi connectivity index (χ4n) is 3.96. The Labute approximate surface area is 198 Å². The summed E-state index contributed by atoms with van der Waals surface area (Å²) in [5, 5.41) is 0.642. The summed E-state index contributed by atoms with van der Waals surface area (Å²) in [5.74, 6) is 0.730. The molecule has 33 heavy (non-hydrogen) atoms. The van der Waals surface area contributed by atoms with E-state index in [-0.39, 0.29) is 10.8 Å². The number of halogens is 1. The van der Waals surface area contributed by atoms with Gasteiger partial charge in [-0.1, -0.05) is 23.7 Å². The van der Waals surface area contributed by atoms with E-state index < -0.39 is 10.0 Å². The zero-order valence-corrected chi connectivity index (χ0v) is 20.3. The number of carbonyl (C=O) groups is 1. The van der Waals surface area contributed by atoms with Crippen molar-refractivity contribution in [2.24, 2.45) is 7.05 Å². The fourth-order valence-corrected chi connectivity index (χ4v) is 5.60. The average Bonchev–Trinajstić information content (AvgIpc) is 3.13. The second kappa shape index (κ2) is 9.80. The van der Waals surface area contributed by atoms with Gasteiger partial charge in [-0.2, -0.15) is 4.31 Å². The number of rotatable bonds is 7. The molecule has 0 N–H and O–H groups in total. The van der Waals surface area contributed by atoms with Gasteiger partial charge in [-0.3, -0.25) is 4.79 Å². The number of hydrogen-bond acceptors (Lipinski definition) is 5. The Morgan fingerprint density at radius 2 is 1.94 bits per heavy atom. The van der Waals surface area contributed by atoms with Crippen LogP contribution in [0.5, 0.6) is 0 Å². The van der Waals surface area contributed by atoms with Crippen molar-refractivity contribution in [3.8, 4) is 0 Å². The SMILES string of the molecule is CN(Cc1cccc(Cl)c1)C(=O)CCc1nc2cc(S(=O)(=O)N3CCOCC3)ccc2n1C. The predicted octanol–water partition coefficient (Wildman–Crippen LogP) is 2.84. The zero-order valence-electron chi connectivity index (χ0n) is 18.7. The Balaban J connectivity index is 1.46. The van der Waals surface area contributed by atoms with E-state index in [1.165, 1.54) is 4.31 Å². The molecule has 0 radical (unpaired) electrons. The van der Waals surface area contributed by atoms with Crippen molar-refractivity contribution in [3.63, 3.8) is 0 Å². The second-order valence-electron chi connectivity index (χ2n) is 8.13. The van der Waals surface area contributed by atoms with Gasteiger partial charge in [0.05, 0.1) is 29.1 Å². The van der Waals surface area contributed by atoms with Crippen LogP contribution in [0, 0.1) is 0 Å². The molecule has 0 bridgehead atoms. The zero-order chi connectivity index (χ0) is 23.6. The highest BCUT2D eigenvalue weighted by Gasteiger charge is 2.27. The summed E-state index contributed by atoms with van der Waals surface area (Å²) in [6, 6.07) is 12.4. The molecule has 1 fully saturated rings. The lowest BCUT2D eigenvalue weighted by atomic mass is 10.2. The number of nitrogens with zero attached hydrogens (tertiary/aromatic N) is 4. The number of sulfonamides is 1. The van der Waals surface area contributed by atoms with E-state index in [0.717, 1.165) is 16.9 Å². The summed E-state index contributed by atoms with van der Waals surface area (Å²) in [7, 11) is 0.0478. The number of amides is 1. The number of carbonyl (C=O) groups excluding carboxylic acids is 1. The molecule has 2 heterocycles. The number of aryl methyl sites for hydroxylation is 2. The first-order chi connectivity index (χ1) is 15.8. The molecule has 176 valence electrons. The predicted molar refractivity (Wildman–Crippen MR) is 127 cm³/mol. The molecule has 0 saturated carbocycles. The summed E-state index contributed by atoms with van der Waals surface area (Å²) < 4.78 is 34.5. The molecule has 0 atom stereocenters. The number of ether oxygens (including phenoxy) is 1. The number of benzene rings is 2. The number of fused-ring (bicyclic) bond motifs is 1. The van der Waals surface area contributed by atoms with Crippen LogP contribution in [-0.4, -0.2) is 66.4 Å². The minimum absolute atomic E-state index is 0.00221. The van der Waals surface area contributed by atoms with Gasteiger partial charge in [0.1, 0.15) is 5.82 Å². The molecule has 1 aromatic heterocycles. The molecule has 2 aromatic carbocycles. The van der Waals surface area contributed by atoms with Crippen LogP contribution in [-0.2, 0) is 39.6 Å². The molecular weight excluding hydrogens is 464 g/mol. The van der Waals surface area contributed by atoms with E-state index >= 15 is 0 Å². The number of hydrogen-bond donors (Lipinski definition) is 0. The molecule has 1 aliphatic heterocycles. The smallest absolute Gasteiger partial charge is 0.243 e. The third-order valence-corrected chi connectivity index (χ3v) is 7.98. The van der Waals surface area contributed by atoms with Crippen molar-refractivity contribution < 1.29 is 17.9 Å². The maximum absolute atomic E-state index is 13.0. The summed E-state index contributed by atoms with van der Waals surface area (Å²) >= 11 is 6.03. The van der Waals surface area contributed by atoms with Crippen LogP contribution in [0.2, 0.25) is 5.02 Å². The molecular formula is C23H27ClN4O4S. The summed E-state index contributed by atoms with van der Waals surface area (Å²) in [5.41, 5.74) is 2.39. The molecule has 3 aromatic rings. The van der Waals surface area contributed by atoms with Gasteiger partial charge in [-0.05, 0) is 35.9 Å². The molecule has 0 unspecified atom stereocenters. The van der Waals surface area contributed by atoms with Crippen molar-refractivity contribution in [3.05, 3.63) is 58.9 Å². The first kappa shape index (κ1) is 23.7. The van der Waals surface area contributed by atoms with E-state index in [2.05, 4.69) is 4.98 Å². The molecule has 1 saturated heterocycles. The highest BCUT2D eigenvalue weighted by Crippen LogP contribution is 2.23. The van der Waals surface area contributed by atoms with Gasteiger partial charge in [0.2, 0.25) is 15.9 Å². The van der Waals surface area contributed by atoms with Gasteiger partial charge in [0.15, 0.2) is 0 Å². The van der Waals surface area contributed by atoms with Crippen LogP contribution in [0.25, 0.3) is 11.0 Å². The molecule has 10 heteroatoms. The minimum atomic E-state index is -3.59. The number of aromatic nitrogens is 2. The van der Waals surface area contributed by atoms with Crippen LogP contribution in [0.3, 0.4) is 0 Å². The van der Waals surface area contributed by atoms with Gasteiger partial charge >= 0.3 is 0 Å². The van der Waals surface area contributed by atoms with Gasteiger partial charge < -0.3 is 14.2 Å². The van der Waals surface area contributed by atoms with Crippen molar-refractivity contribution in [2.75, 3.05) is 33.4 Å². The van der Waals surface area contributed by atoms with Crippen molar-refractivity contribution >= 4 is 38.6 Å². The Bertz CT molecular complexity index is 1270. The maximum atomic E-state index is 13.0. The van der Waals surface area contributed by atoms with Gasteiger partial charge in [0.25, 0.3) is 0 Å². The first-order valence-electron chi connectivity index (χ1n) is 10.8. The van der Waals surface area contributed by atoms with Crippen LogP contribution in [0.1, 0.15) is 17.8 Å². The summed E-state index contributed by atoms with van der Waals surface area (Å²) in [4.78, 5) is 19.2. The average molecular weight is 491 g/mol. The highest BCUT2D eigenvalue weighted by molar-refractivity contribution is 7.89. The van der Waals surface area contributed by atoms with Crippen molar-refractivity contribution in [1.82, 2.24) is 18.8 Å². The Morgan fingerprint density at radius 1 is 1.18 bits per heavy atom. The van der Waals surface area contributed by atoms with Crippen LogP contribution < -0.4 is 0 Å².